The van der Waals surface area contributed by atoms with E-state index in [9.17, 15) is 15.8 Å². The quantitative estimate of drug-likeness (QED) is 0.824. The van der Waals surface area contributed by atoms with E-state index in [4.69, 9.17) is 22.1 Å². The Labute approximate surface area is 149 Å². The Bertz CT molecular complexity index is 823. The van der Waals surface area contributed by atoms with Crippen LogP contribution in [0.15, 0.2) is 46.9 Å². The van der Waals surface area contributed by atoms with E-state index < -0.39 is 4.93 Å². The summed E-state index contributed by atoms with van der Waals surface area (Å²) in [7, 11) is 0. The summed E-state index contributed by atoms with van der Waals surface area (Å²) < 4.78 is 5.87. The van der Waals surface area contributed by atoms with Crippen molar-refractivity contribution in [1.29, 1.82) is 15.8 Å². The second kappa shape index (κ2) is 7.32. The lowest BCUT2D eigenvalue weighted by Gasteiger charge is -2.30. The molecule has 2 N–H and O–H groups in total. The minimum atomic E-state index is -1.21. The average molecular weight is 357 g/mol. The first-order valence-corrected chi connectivity index (χ1v) is 8.44. The Hall–Kier alpha value is -2.59. The molecule has 0 unspecified atom stereocenters. The number of nitrogens with two attached hydrogens (primary N) is 1. The van der Waals surface area contributed by atoms with Gasteiger partial charge in [-0.15, -0.1) is 11.8 Å². The van der Waals surface area contributed by atoms with Crippen molar-refractivity contribution in [3.8, 4) is 18.2 Å². The lowest BCUT2D eigenvalue weighted by molar-refractivity contribution is 0.134. The van der Waals surface area contributed by atoms with Gasteiger partial charge in [0.15, 0.2) is 0 Å². The van der Waals surface area contributed by atoms with Gasteiger partial charge >= 0.3 is 0 Å². The van der Waals surface area contributed by atoms with Crippen molar-refractivity contribution in [3.05, 3.63) is 57.5 Å². The molecule has 1 aromatic carbocycles. The van der Waals surface area contributed by atoms with E-state index in [1.54, 1.807) is 24.3 Å². The number of halogens is 1. The van der Waals surface area contributed by atoms with Crippen molar-refractivity contribution in [2.45, 2.75) is 18.3 Å². The summed E-state index contributed by atoms with van der Waals surface area (Å²) in [6.07, 6.45) is 0.840. The molecule has 0 spiro atoms. The van der Waals surface area contributed by atoms with Crippen molar-refractivity contribution in [3.63, 3.8) is 0 Å². The van der Waals surface area contributed by atoms with Crippen LogP contribution in [0.4, 0.5) is 0 Å². The summed E-state index contributed by atoms with van der Waals surface area (Å²) in [4.78, 5) is -1.21. The van der Waals surface area contributed by atoms with Gasteiger partial charge in [0, 0.05) is 10.6 Å². The van der Waals surface area contributed by atoms with Crippen LogP contribution in [-0.4, -0.2) is 5.75 Å². The van der Waals surface area contributed by atoms with Crippen LogP contribution in [-0.2, 0) is 9.67 Å². The number of hydrogen-bond acceptors (Lipinski definition) is 6. The molecule has 7 heteroatoms. The molecule has 2 rings (SSSR count). The van der Waals surface area contributed by atoms with Gasteiger partial charge in [-0.1, -0.05) is 30.7 Å². The van der Waals surface area contributed by atoms with Gasteiger partial charge in [0.25, 0.3) is 0 Å². The smallest absolute Gasteiger partial charge is 0.211 e. The molecule has 0 saturated carbocycles. The SMILES string of the molecule is CCCS[C@]1(c2ccc(Cl)cc2)OC(N)=C(C#N)C1=C(C#N)C#N. The molecule has 0 aromatic heterocycles. The molecule has 24 heavy (non-hydrogen) atoms. The molecular weight excluding hydrogens is 344 g/mol. The predicted molar refractivity (Wildman–Crippen MR) is 92.0 cm³/mol. The standard InChI is InChI=1S/C17H13ClN4OS/c1-2-7-24-17(12-3-5-13(18)6-4-12)15(11(8-19)9-20)14(10-21)16(22)23-17/h3-6H,2,7,22H2,1H3/t17-/m0/s1. The molecule has 0 radical (unpaired) electrons. The van der Waals surface area contributed by atoms with Crippen LogP contribution in [0, 0.1) is 34.0 Å². The third kappa shape index (κ3) is 2.93. The number of nitrogens with zero attached hydrogens (tertiary/aromatic N) is 3. The van der Waals surface area contributed by atoms with Gasteiger partial charge in [0.2, 0.25) is 10.8 Å². The van der Waals surface area contributed by atoms with Crippen LogP contribution in [0.5, 0.6) is 0 Å². The fraction of sp³-hybridized carbons (Fsp3) is 0.235. The van der Waals surface area contributed by atoms with Crippen LogP contribution in [0.3, 0.4) is 0 Å². The first kappa shape index (κ1) is 17.8. The first-order chi connectivity index (χ1) is 11.5. The minimum absolute atomic E-state index is 0.0200. The van der Waals surface area contributed by atoms with Crippen molar-refractivity contribution >= 4 is 23.4 Å². The lowest BCUT2D eigenvalue weighted by Crippen LogP contribution is -2.26. The van der Waals surface area contributed by atoms with Crippen LogP contribution in [0.2, 0.25) is 5.02 Å². The van der Waals surface area contributed by atoms with Crippen molar-refractivity contribution in [1.82, 2.24) is 0 Å². The molecule has 0 aliphatic carbocycles. The maximum absolute atomic E-state index is 9.44. The molecular formula is C17H13ClN4OS. The van der Waals surface area contributed by atoms with E-state index in [0.717, 1.165) is 6.42 Å². The van der Waals surface area contributed by atoms with Crippen molar-refractivity contribution in [2.24, 2.45) is 5.73 Å². The Morgan fingerprint density at radius 3 is 2.38 bits per heavy atom. The molecule has 0 saturated heterocycles. The normalized spacial score (nSPS) is 19.2. The second-order valence-corrected chi connectivity index (χ2v) is 6.61. The highest BCUT2D eigenvalue weighted by Gasteiger charge is 2.49. The van der Waals surface area contributed by atoms with Gasteiger partial charge in [-0.25, -0.2) is 0 Å². The summed E-state index contributed by atoms with van der Waals surface area (Å²) >= 11 is 7.34. The number of nitriles is 3. The highest BCUT2D eigenvalue weighted by molar-refractivity contribution is 8.00. The van der Waals surface area contributed by atoms with Gasteiger partial charge in [-0.05, 0) is 24.3 Å². The Morgan fingerprint density at radius 1 is 1.25 bits per heavy atom. The van der Waals surface area contributed by atoms with Crippen LogP contribution in [0.1, 0.15) is 18.9 Å². The molecule has 1 aromatic rings. The van der Waals surface area contributed by atoms with Crippen LogP contribution >= 0.6 is 23.4 Å². The molecule has 0 amide bonds. The van der Waals surface area contributed by atoms with Gasteiger partial charge in [0.1, 0.15) is 29.4 Å². The fourth-order valence-corrected chi connectivity index (χ4v) is 3.80. The largest absolute Gasteiger partial charge is 0.452 e. The molecule has 1 heterocycles. The highest BCUT2D eigenvalue weighted by Crippen LogP contribution is 2.53. The number of thioether (sulfide) groups is 1. The van der Waals surface area contributed by atoms with E-state index in [1.165, 1.54) is 11.8 Å². The second-order valence-electron chi connectivity index (χ2n) is 4.90. The third-order valence-corrected chi connectivity index (χ3v) is 5.19. The van der Waals surface area contributed by atoms with E-state index in [0.29, 0.717) is 16.3 Å². The molecule has 1 atom stereocenters. The predicted octanol–water partition coefficient (Wildman–Crippen LogP) is 3.70. The van der Waals surface area contributed by atoms with Gasteiger partial charge in [-0.3, -0.25) is 0 Å². The molecule has 120 valence electrons. The minimum Gasteiger partial charge on any atom is -0.452 e. The maximum atomic E-state index is 9.44. The summed E-state index contributed by atoms with van der Waals surface area (Å²) in [5, 5.41) is 28.7. The third-order valence-electron chi connectivity index (χ3n) is 3.40. The van der Waals surface area contributed by atoms with Crippen molar-refractivity contribution in [2.75, 3.05) is 5.75 Å². The monoisotopic (exact) mass is 356 g/mol. The topological polar surface area (TPSA) is 107 Å². The zero-order valence-electron chi connectivity index (χ0n) is 12.8. The number of rotatable bonds is 4. The number of hydrogen-bond donors (Lipinski definition) is 1. The van der Waals surface area contributed by atoms with Crippen molar-refractivity contribution < 1.29 is 4.74 Å². The Balaban J connectivity index is 2.78. The average Bonchev–Trinajstić information content (AvgIpc) is 2.87. The Kier molecular flexibility index (Phi) is 5.42. The van der Waals surface area contributed by atoms with Gasteiger partial charge < -0.3 is 10.5 Å². The molecule has 0 fully saturated rings. The summed E-state index contributed by atoms with van der Waals surface area (Å²) in [6, 6.07) is 12.5. The first-order valence-electron chi connectivity index (χ1n) is 7.08. The van der Waals surface area contributed by atoms with E-state index in [1.807, 2.05) is 25.1 Å². The van der Waals surface area contributed by atoms with Gasteiger partial charge in [0.05, 0.1) is 5.57 Å². The fourth-order valence-electron chi connectivity index (χ4n) is 2.39. The number of benzene rings is 1. The summed E-state index contributed by atoms with van der Waals surface area (Å²) in [5.74, 6) is 0.594. The van der Waals surface area contributed by atoms with E-state index >= 15 is 0 Å². The van der Waals surface area contributed by atoms with Gasteiger partial charge in [-0.2, -0.15) is 15.8 Å². The number of ether oxygens (including phenoxy) is 1. The number of allylic oxidation sites excluding steroid dienone is 1. The zero-order valence-corrected chi connectivity index (χ0v) is 14.4. The van der Waals surface area contributed by atoms with Crippen LogP contribution < -0.4 is 5.73 Å². The maximum Gasteiger partial charge on any atom is 0.211 e. The Morgan fingerprint density at radius 2 is 1.88 bits per heavy atom. The molecule has 1 aliphatic rings. The zero-order chi connectivity index (χ0) is 17.7. The highest BCUT2D eigenvalue weighted by atomic mass is 35.5. The van der Waals surface area contributed by atoms with Crippen LogP contribution in [0.25, 0.3) is 0 Å². The molecule has 0 bridgehead atoms. The lowest BCUT2D eigenvalue weighted by atomic mass is 9.93. The van der Waals surface area contributed by atoms with E-state index in [2.05, 4.69) is 0 Å². The molecule has 1 aliphatic heterocycles. The van der Waals surface area contributed by atoms with E-state index in [-0.39, 0.29) is 22.6 Å². The summed E-state index contributed by atoms with van der Waals surface area (Å²) in [5.41, 5.74) is 6.58. The molecule has 5 nitrogen and oxygen atoms in total. The summed E-state index contributed by atoms with van der Waals surface area (Å²) in [6.45, 7) is 2.00.